The van der Waals surface area contributed by atoms with Gasteiger partial charge in [0, 0.05) is 13.0 Å². The Labute approximate surface area is 187 Å². The monoisotopic (exact) mass is 436 g/mol. The fourth-order valence-corrected chi connectivity index (χ4v) is 3.93. The van der Waals surface area contributed by atoms with Crippen LogP contribution >= 0.6 is 0 Å². The number of amides is 2. The molecule has 0 heterocycles. The highest BCUT2D eigenvalue weighted by Gasteiger charge is 2.31. The SMILES string of the molecule is C=CCCC(NC(=O)OCC1c2ccccc2-c2ccccc21)C(=O)N(C)[C@@H](C)C(=O)O. The van der Waals surface area contributed by atoms with Gasteiger partial charge in [-0.2, -0.15) is 0 Å². The van der Waals surface area contributed by atoms with Crippen molar-refractivity contribution in [1.29, 1.82) is 0 Å². The summed E-state index contributed by atoms with van der Waals surface area (Å²) in [5.74, 6) is -1.70. The minimum atomic E-state index is -1.12. The van der Waals surface area contributed by atoms with Crippen molar-refractivity contribution < 1.29 is 24.2 Å². The number of carbonyl (C=O) groups excluding carboxylic acids is 2. The second kappa shape index (κ2) is 10.1. The molecule has 0 saturated heterocycles. The van der Waals surface area contributed by atoms with Crippen LogP contribution in [0.1, 0.15) is 36.8 Å². The van der Waals surface area contributed by atoms with E-state index in [-0.39, 0.29) is 12.5 Å². The average Bonchev–Trinajstić information content (AvgIpc) is 3.12. The molecular weight excluding hydrogens is 408 g/mol. The van der Waals surface area contributed by atoms with Crippen molar-refractivity contribution in [2.75, 3.05) is 13.7 Å². The molecule has 0 saturated carbocycles. The van der Waals surface area contributed by atoms with Crippen LogP contribution in [-0.4, -0.2) is 53.7 Å². The van der Waals surface area contributed by atoms with Gasteiger partial charge < -0.3 is 20.1 Å². The predicted molar refractivity (Wildman–Crippen MR) is 121 cm³/mol. The number of alkyl carbamates (subject to hydrolysis) is 1. The lowest BCUT2D eigenvalue weighted by atomic mass is 9.98. The summed E-state index contributed by atoms with van der Waals surface area (Å²) in [4.78, 5) is 37.7. The van der Waals surface area contributed by atoms with E-state index in [4.69, 9.17) is 4.74 Å². The van der Waals surface area contributed by atoms with Gasteiger partial charge in [-0.1, -0.05) is 54.6 Å². The molecule has 0 fully saturated rings. The number of carboxylic acids is 1. The molecule has 2 atom stereocenters. The van der Waals surface area contributed by atoms with Gasteiger partial charge in [0.2, 0.25) is 5.91 Å². The van der Waals surface area contributed by atoms with Crippen LogP contribution in [-0.2, 0) is 14.3 Å². The topological polar surface area (TPSA) is 95.9 Å². The Hall–Kier alpha value is -3.61. The molecule has 7 heteroatoms. The summed E-state index contributed by atoms with van der Waals surface area (Å²) < 4.78 is 5.53. The maximum absolute atomic E-state index is 12.8. The number of carbonyl (C=O) groups is 3. The van der Waals surface area contributed by atoms with Crippen molar-refractivity contribution in [2.24, 2.45) is 0 Å². The largest absolute Gasteiger partial charge is 0.480 e. The summed E-state index contributed by atoms with van der Waals surface area (Å²) in [6, 6.07) is 14.1. The first kappa shape index (κ1) is 23.1. The lowest BCUT2D eigenvalue weighted by Crippen LogP contribution is -2.51. The van der Waals surface area contributed by atoms with Crippen molar-refractivity contribution in [1.82, 2.24) is 10.2 Å². The number of aliphatic carboxylic acids is 1. The normalized spacial score (nSPS) is 13.9. The van der Waals surface area contributed by atoms with E-state index in [1.54, 1.807) is 6.08 Å². The van der Waals surface area contributed by atoms with E-state index in [1.165, 1.54) is 14.0 Å². The van der Waals surface area contributed by atoms with Crippen molar-refractivity contribution in [2.45, 2.75) is 37.8 Å². The van der Waals surface area contributed by atoms with Crippen molar-refractivity contribution >= 4 is 18.0 Å². The summed E-state index contributed by atoms with van der Waals surface area (Å²) in [6.45, 7) is 5.19. The van der Waals surface area contributed by atoms with Crippen LogP contribution in [0.15, 0.2) is 61.2 Å². The van der Waals surface area contributed by atoms with Crippen LogP contribution in [0.2, 0.25) is 0 Å². The zero-order valence-corrected chi connectivity index (χ0v) is 18.3. The van der Waals surface area contributed by atoms with E-state index < -0.39 is 30.1 Å². The minimum Gasteiger partial charge on any atom is -0.480 e. The number of allylic oxidation sites excluding steroid dienone is 1. The number of benzene rings is 2. The highest BCUT2D eigenvalue weighted by molar-refractivity contribution is 5.89. The minimum absolute atomic E-state index is 0.0924. The fraction of sp³-hybridized carbons (Fsp3) is 0.320. The maximum Gasteiger partial charge on any atom is 0.407 e. The zero-order valence-electron chi connectivity index (χ0n) is 18.3. The first-order valence-electron chi connectivity index (χ1n) is 10.6. The number of nitrogens with zero attached hydrogens (tertiary/aromatic N) is 1. The van der Waals surface area contributed by atoms with E-state index in [2.05, 4.69) is 24.0 Å². The molecule has 2 N–H and O–H groups in total. The smallest absolute Gasteiger partial charge is 0.407 e. The summed E-state index contributed by atoms with van der Waals surface area (Å²) in [5.41, 5.74) is 4.44. The predicted octanol–water partition coefficient (Wildman–Crippen LogP) is 3.79. The quantitative estimate of drug-likeness (QED) is 0.583. The molecule has 2 aromatic carbocycles. The molecule has 0 aromatic heterocycles. The number of likely N-dealkylation sites (N-methyl/N-ethyl adjacent to an activating group) is 1. The zero-order chi connectivity index (χ0) is 23.3. The van der Waals surface area contributed by atoms with Gasteiger partial charge in [-0.15, -0.1) is 6.58 Å². The second-order valence-corrected chi connectivity index (χ2v) is 7.85. The Bertz CT molecular complexity index is 973. The van der Waals surface area contributed by atoms with Crippen molar-refractivity contribution in [3.8, 4) is 11.1 Å². The lowest BCUT2D eigenvalue weighted by molar-refractivity contribution is -0.149. The van der Waals surface area contributed by atoms with Gasteiger partial charge in [0.25, 0.3) is 0 Å². The first-order chi connectivity index (χ1) is 15.3. The Kier molecular flexibility index (Phi) is 7.30. The Balaban J connectivity index is 1.69. The van der Waals surface area contributed by atoms with Crippen LogP contribution in [0.25, 0.3) is 11.1 Å². The Morgan fingerprint density at radius 3 is 2.22 bits per heavy atom. The highest BCUT2D eigenvalue weighted by atomic mass is 16.5. The highest BCUT2D eigenvalue weighted by Crippen LogP contribution is 2.44. The van der Waals surface area contributed by atoms with Gasteiger partial charge in [0.15, 0.2) is 0 Å². The van der Waals surface area contributed by atoms with E-state index in [0.29, 0.717) is 12.8 Å². The van der Waals surface area contributed by atoms with Crippen LogP contribution in [0.4, 0.5) is 4.79 Å². The molecule has 2 aromatic rings. The summed E-state index contributed by atoms with van der Waals surface area (Å²) in [7, 11) is 1.40. The Morgan fingerprint density at radius 1 is 1.12 bits per heavy atom. The van der Waals surface area contributed by atoms with Crippen LogP contribution in [0.3, 0.4) is 0 Å². The van der Waals surface area contributed by atoms with Gasteiger partial charge in [-0.05, 0) is 42.0 Å². The molecule has 168 valence electrons. The van der Waals surface area contributed by atoms with E-state index in [0.717, 1.165) is 27.2 Å². The van der Waals surface area contributed by atoms with Gasteiger partial charge in [0.05, 0.1) is 0 Å². The molecule has 1 unspecified atom stereocenters. The lowest BCUT2D eigenvalue weighted by Gasteiger charge is -2.27. The van der Waals surface area contributed by atoms with E-state index in [9.17, 15) is 19.5 Å². The number of hydrogen-bond donors (Lipinski definition) is 2. The third-order valence-corrected chi connectivity index (χ3v) is 5.88. The molecule has 0 spiro atoms. The van der Waals surface area contributed by atoms with Crippen LogP contribution in [0.5, 0.6) is 0 Å². The molecule has 0 radical (unpaired) electrons. The molecule has 0 aliphatic heterocycles. The fourth-order valence-electron chi connectivity index (χ4n) is 3.93. The number of ether oxygens (including phenoxy) is 1. The molecule has 1 aliphatic carbocycles. The third kappa shape index (κ3) is 4.82. The van der Waals surface area contributed by atoms with Gasteiger partial charge in [-0.3, -0.25) is 4.79 Å². The first-order valence-corrected chi connectivity index (χ1v) is 10.6. The van der Waals surface area contributed by atoms with Gasteiger partial charge in [0.1, 0.15) is 18.7 Å². The van der Waals surface area contributed by atoms with Gasteiger partial charge in [-0.25, -0.2) is 9.59 Å². The molecule has 0 bridgehead atoms. The van der Waals surface area contributed by atoms with Crippen molar-refractivity contribution in [3.63, 3.8) is 0 Å². The molecule has 3 rings (SSSR count). The second-order valence-electron chi connectivity index (χ2n) is 7.85. The number of nitrogens with one attached hydrogen (secondary N) is 1. The third-order valence-electron chi connectivity index (χ3n) is 5.88. The molecule has 32 heavy (non-hydrogen) atoms. The van der Waals surface area contributed by atoms with E-state index in [1.807, 2.05) is 36.4 Å². The maximum atomic E-state index is 12.8. The number of carboxylic acid groups (broad SMARTS) is 1. The number of fused-ring (bicyclic) bond motifs is 3. The van der Waals surface area contributed by atoms with Gasteiger partial charge >= 0.3 is 12.1 Å². The summed E-state index contributed by atoms with van der Waals surface area (Å²) in [6.07, 6.45) is 1.70. The molecule has 7 nitrogen and oxygen atoms in total. The molecular formula is C25H28N2O5. The van der Waals surface area contributed by atoms with Crippen LogP contribution in [0, 0.1) is 0 Å². The molecule has 2 amide bonds. The van der Waals surface area contributed by atoms with Crippen molar-refractivity contribution in [3.05, 3.63) is 72.3 Å². The summed E-state index contributed by atoms with van der Waals surface area (Å²) >= 11 is 0. The summed E-state index contributed by atoms with van der Waals surface area (Å²) in [5, 5.41) is 11.8. The molecule has 1 aliphatic rings. The number of hydrogen-bond acceptors (Lipinski definition) is 4. The number of rotatable bonds is 9. The standard InChI is InChI=1S/C25H28N2O5/c1-4-5-14-22(23(28)27(3)16(2)24(29)30)26-25(31)32-15-21-19-12-8-6-10-17(19)18-11-7-9-13-20(18)21/h4,6-13,16,21-22H,1,5,14-15H2,2-3H3,(H,26,31)(H,29,30)/t16-,22?/m0/s1. The van der Waals surface area contributed by atoms with E-state index >= 15 is 0 Å². The van der Waals surface area contributed by atoms with Crippen LogP contribution < -0.4 is 5.32 Å². The average molecular weight is 437 g/mol. The Morgan fingerprint density at radius 2 is 1.69 bits per heavy atom.